The quantitative estimate of drug-likeness (QED) is 0.689. The zero-order valence-corrected chi connectivity index (χ0v) is 9.32. The second-order valence-corrected chi connectivity index (χ2v) is 5.73. The first-order chi connectivity index (χ1) is 5.13. The van der Waals surface area contributed by atoms with Crippen LogP contribution in [0.1, 0.15) is 27.7 Å². The molecule has 4 nitrogen and oxygen atoms in total. The van der Waals surface area contributed by atoms with E-state index in [1.165, 1.54) is 0 Å². The maximum absolute atomic E-state index is 8.74. The van der Waals surface area contributed by atoms with Crippen molar-refractivity contribution in [3.8, 4) is 0 Å². The van der Waals surface area contributed by atoms with Crippen LogP contribution in [-0.4, -0.2) is 28.0 Å². The van der Waals surface area contributed by atoms with Crippen LogP contribution < -0.4 is 0 Å². The average molecular weight is 216 g/mol. The number of thioether (sulfide) groups is 1. The smallest absolute Gasteiger partial charge is 0.264 e. The molecule has 0 rings (SSSR count). The lowest BCUT2D eigenvalue weighted by molar-refractivity contribution is 0.381. The second-order valence-electron chi connectivity index (χ2n) is 2.68. The molecule has 0 spiro atoms. The minimum absolute atomic E-state index is 0.792. The van der Waals surface area contributed by atoms with Gasteiger partial charge < -0.3 is 0 Å². The summed E-state index contributed by atoms with van der Waals surface area (Å²) in [5, 5.41) is 1.58. The SMILES string of the molecule is CC(C)SC(C)C.O=S(=O)(O)O. The van der Waals surface area contributed by atoms with Crippen LogP contribution in [0, 0.1) is 0 Å². The Balaban J connectivity index is 0. The molecule has 76 valence electrons. The Morgan fingerprint density at radius 2 is 1.17 bits per heavy atom. The summed E-state index contributed by atoms with van der Waals surface area (Å²) in [6.07, 6.45) is 0. The number of hydrogen-bond donors (Lipinski definition) is 2. The largest absolute Gasteiger partial charge is 0.394 e. The van der Waals surface area contributed by atoms with Gasteiger partial charge in [-0.3, -0.25) is 9.11 Å². The van der Waals surface area contributed by atoms with Crippen molar-refractivity contribution in [2.75, 3.05) is 0 Å². The third-order valence-corrected chi connectivity index (χ3v) is 1.63. The predicted molar refractivity (Wildman–Crippen MR) is 52.0 cm³/mol. The molecule has 12 heavy (non-hydrogen) atoms. The number of hydrogen-bond acceptors (Lipinski definition) is 3. The molecule has 0 aliphatic heterocycles. The molecular weight excluding hydrogens is 200 g/mol. The Labute approximate surface area is 78.3 Å². The number of rotatable bonds is 2. The van der Waals surface area contributed by atoms with Crippen LogP contribution >= 0.6 is 11.8 Å². The van der Waals surface area contributed by atoms with Crippen molar-refractivity contribution >= 4 is 22.2 Å². The normalized spacial score (nSPS) is 11.3. The van der Waals surface area contributed by atoms with Gasteiger partial charge in [-0.1, -0.05) is 27.7 Å². The van der Waals surface area contributed by atoms with E-state index in [-0.39, 0.29) is 0 Å². The molecular formula is C6H16O4S2. The fourth-order valence-electron chi connectivity index (χ4n) is 0.544. The first-order valence-corrected chi connectivity index (χ1v) is 5.82. The molecule has 0 aliphatic carbocycles. The summed E-state index contributed by atoms with van der Waals surface area (Å²) in [6, 6.07) is 0. The molecule has 0 saturated heterocycles. The fourth-order valence-corrected chi connectivity index (χ4v) is 1.63. The summed E-state index contributed by atoms with van der Waals surface area (Å²) in [7, 11) is -4.67. The molecule has 2 N–H and O–H groups in total. The van der Waals surface area contributed by atoms with E-state index in [1.54, 1.807) is 0 Å². The van der Waals surface area contributed by atoms with Crippen molar-refractivity contribution in [3.05, 3.63) is 0 Å². The lowest BCUT2D eigenvalue weighted by Gasteiger charge is -2.05. The molecule has 0 aliphatic rings. The maximum atomic E-state index is 8.74. The van der Waals surface area contributed by atoms with Crippen molar-refractivity contribution in [1.29, 1.82) is 0 Å². The van der Waals surface area contributed by atoms with Gasteiger partial charge in [0.05, 0.1) is 0 Å². The van der Waals surface area contributed by atoms with Gasteiger partial charge in [-0.25, -0.2) is 0 Å². The van der Waals surface area contributed by atoms with Crippen molar-refractivity contribution in [3.63, 3.8) is 0 Å². The molecule has 0 amide bonds. The Hall–Kier alpha value is 0.220. The third kappa shape index (κ3) is 48.8. The summed E-state index contributed by atoms with van der Waals surface area (Å²) in [4.78, 5) is 0. The van der Waals surface area contributed by atoms with E-state index >= 15 is 0 Å². The zero-order valence-electron chi connectivity index (χ0n) is 7.68. The Morgan fingerprint density at radius 3 is 1.17 bits per heavy atom. The van der Waals surface area contributed by atoms with Gasteiger partial charge in [0.1, 0.15) is 0 Å². The summed E-state index contributed by atoms with van der Waals surface area (Å²) < 4.78 is 31.6. The van der Waals surface area contributed by atoms with Crippen LogP contribution in [0.25, 0.3) is 0 Å². The minimum atomic E-state index is -4.67. The van der Waals surface area contributed by atoms with Crippen LogP contribution in [-0.2, 0) is 10.4 Å². The highest BCUT2D eigenvalue weighted by Crippen LogP contribution is 2.14. The van der Waals surface area contributed by atoms with Gasteiger partial charge in [0.15, 0.2) is 0 Å². The average Bonchev–Trinajstić information content (AvgIpc) is 1.52. The Morgan fingerprint density at radius 1 is 1.00 bits per heavy atom. The molecule has 0 atom stereocenters. The van der Waals surface area contributed by atoms with Gasteiger partial charge >= 0.3 is 10.4 Å². The van der Waals surface area contributed by atoms with Gasteiger partial charge in [-0.05, 0) is 10.5 Å². The molecule has 6 heteroatoms. The first-order valence-electron chi connectivity index (χ1n) is 3.48. The standard InChI is InChI=1S/C6H14S.H2O4S/c1-5(2)7-6(3)4;1-5(2,3)4/h5-6H,1-4H3;(H2,1,2,3,4). The van der Waals surface area contributed by atoms with E-state index in [1.807, 2.05) is 11.8 Å². The maximum Gasteiger partial charge on any atom is 0.394 e. The Kier molecular flexibility index (Phi) is 8.23. The molecule has 0 heterocycles. The van der Waals surface area contributed by atoms with Crippen molar-refractivity contribution < 1.29 is 17.5 Å². The van der Waals surface area contributed by atoms with E-state index in [0.717, 1.165) is 10.5 Å². The molecule has 0 aromatic rings. The van der Waals surface area contributed by atoms with Gasteiger partial charge in [0.2, 0.25) is 0 Å². The van der Waals surface area contributed by atoms with Crippen LogP contribution in [0.2, 0.25) is 0 Å². The van der Waals surface area contributed by atoms with Gasteiger partial charge in [0.25, 0.3) is 0 Å². The second kappa shape index (κ2) is 6.71. The van der Waals surface area contributed by atoms with E-state index in [0.29, 0.717) is 0 Å². The third-order valence-electron chi connectivity index (χ3n) is 0.544. The monoisotopic (exact) mass is 216 g/mol. The first kappa shape index (κ1) is 14.7. The van der Waals surface area contributed by atoms with Gasteiger partial charge in [-0.2, -0.15) is 20.2 Å². The molecule has 0 aromatic carbocycles. The van der Waals surface area contributed by atoms with E-state index in [9.17, 15) is 0 Å². The zero-order chi connectivity index (χ0) is 10.4. The van der Waals surface area contributed by atoms with Crippen LogP contribution in [0.15, 0.2) is 0 Å². The van der Waals surface area contributed by atoms with Crippen LogP contribution in [0.5, 0.6) is 0 Å². The van der Waals surface area contributed by atoms with E-state index < -0.39 is 10.4 Å². The van der Waals surface area contributed by atoms with Crippen LogP contribution in [0.3, 0.4) is 0 Å². The molecule has 0 radical (unpaired) electrons. The van der Waals surface area contributed by atoms with Gasteiger partial charge in [-0.15, -0.1) is 0 Å². The highest BCUT2D eigenvalue weighted by molar-refractivity contribution is 8.00. The predicted octanol–water partition coefficient (Wildman–Crippen LogP) is 1.88. The molecule has 0 saturated carbocycles. The highest BCUT2D eigenvalue weighted by Gasteiger charge is 1.95. The summed E-state index contributed by atoms with van der Waals surface area (Å²) in [6.45, 7) is 8.91. The summed E-state index contributed by atoms with van der Waals surface area (Å²) in [5.41, 5.74) is 0. The fraction of sp³-hybridized carbons (Fsp3) is 1.00. The molecule has 0 bridgehead atoms. The van der Waals surface area contributed by atoms with Crippen molar-refractivity contribution in [2.45, 2.75) is 38.2 Å². The lowest BCUT2D eigenvalue weighted by Crippen LogP contribution is -1.94. The van der Waals surface area contributed by atoms with E-state index in [2.05, 4.69) is 27.7 Å². The minimum Gasteiger partial charge on any atom is -0.264 e. The summed E-state index contributed by atoms with van der Waals surface area (Å²) >= 11 is 2.01. The van der Waals surface area contributed by atoms with Crippen LogP contribution in [0.4, 0.5) is 0 Å². The van der Waals surface area contributed by atoms with Crippen molar-refractivity contribution in [1.82, 2.24) is 0 Å². The highest BCUT2D eigenvalue weighted by atomic mass is 32.3. The van der Waals surface area contributed by atoms with Gasteiger partial charge in [0, 0.05) is 0 Å². The lowest BCUT2D eigenvalue weighted by atomic mass is 10.6. The summed E-state index contributed by atoms with van der Waals surface area (Å²) in [5.74, 6) is 0. The topological polar surface area (TPSA) is 74.6 Å². The van der Waals surface area contributed by atoms with E-state index in [4.69, 9.17) is 17.5 Å². The Bertz CT molecular complexity index is 170. The molecule has 0 unspecified atom stereocenters. The molecule has 0 fully saturated rings. The van der Waals surface area contributed by atoms with Crippen molar-refractivity contribution in [2.24, 2.45) is 0 Å². The molecule has 0 aromatic heterocycles.